The number of halogens is 6. The van der Waals surface area contributed by atoms with Crippen molar-refractivity contribution in [3.63, 3.8) is 0 Å². The lowest BCUT2D eigenvalue weighted by atomic mass is 10.1. The van der Waals surface area contributed by atoms with E-state index in [1.54, 1.807) is 0 Å². The largest absolute Gasteiger partial charge is 0.480 e. The average molecular weight is 647 g/mol. The summed E-state index contributed by atoms with van der Waals surface area (Å²) in [5.41, 5.74) is -7.38. The molecule has 41 heavy (non-hydrogen) atoms. The van der Waals surface area contributed by atoms with Crippen LogP contribution in [0.25, 0.3) is 4.13 Å². The van der Waals surface area contributed by atoms with E-state index < -0.39 is 31.1 Å². The molecule has 0 saturated carbocycles. The van der Waals surface area contributed by atoms with E-state index in [4.69, 9.17) is 0 Å². The van der Waals surface area contributed by atoms with Gasteiger partial charge in [0.2, 0.25) is 0 Å². The monoisotopic (exact) mass is 646 g/mol. The van der Waals surface area contributed by atoms with E-state index in [9.17, 15) is 48.0 Å². The lowest BCUT2D eigenvalue weighted by molar-refractivity contribution is -0.901. The summed E-state index contributed by atoms with van der Waals surface area (Å²) >= 11 is 0. The fraction of sp³-hybridized carbons (Fsp3) is 0.864. The number of carbonyl (C=O) groups excluding carboxylic acids is 1. The second-order valence-corrected chi connectivity index (χ2v) is 13.4. The third-order valence-electron chi connectivity index (χ3n) is 6.21. The van der Waals surface area contributed by atoms with Crippen LogP contribution in [0.2, 0.25) is 0 Å². The number of urea groups is 1. The minimum Gasteiger partial charge on any atom is -0.421 e. The fourth-order valence-electron chi connectivity index (χ4n) is 3.78. The number of rotatable bonds is 14. The zero-order chi connectivity index (χ0) is 31.6. The number of hydrogen-bond acceptors (Lipinski definition) is 7. The van der Waals surface area contributed by atoms with Crippen molar-refractivity contribution in [2.45, 2.75) is 89.7 Å². The topological polar surface area (TPSA) is 134 Å². The summed E-state index contributed by atoms with van der Waals surface area (Å²) in [5, 5.41) is 6.82. The number of amides is 2. The van der Waals surface area contributed by atoms with E-state index in [-0.39, 0.29) is 6.03 Å². The molecule has 0 radical (unpaired) electrons. The lowest BCUT2D eigenvalue weighted by Gasteiger charge is -2.22. The average Bonchev–Trinajstić information content (AvgIpc) is 3.40. The molecular weight excluding hydrogens is 606 g/mol. The van der Waals surface area contributed by atoms with Crippen LogP contribution in [-0.4, -0.2) is 76.0 Å². The van der Waals surface area contributed by atoms with Gasteiger partial charge in [-0.3, -0.25) is 5.01 Å². The molecule has 1 saturated heterocycles. The Morgan fingerprint density at radius 1 is 0.951 bits per heavy atom. The Morgan fingerprint density at radius 3 is 1.98 bits per heavy atom. The van der Waals surface area contributed by atoms with Crippen LogP contribution in [0, 0.1) is 5.92 Å². The molecule has 1 fully saturated rings. The molecule has 0 aromatic heterocycles. The van der Waals surface area contributed by atoms with Crippen LogP contribution in [-0.2, 0) is 20.0 Å². The zero-order valence-corrected chi connectivity index (χ0v) is 25.1. The Morgan fingerprint density at radius 2 is 1.51 bits per heavy atom. The maximum absolute atomic E-state index is 12.0. The molecule has 1 unspecified atom stereocenters. The predicted molar refractivity (Wildman–Crippen MR) is 139 cm³/mol. The number of unbranched alkanes of at least 4 members (excludes halogenated alkanes) is 3. The van der Waals surface area contributed by atoms with E-state index in [1.165, 1.54) is 36.4 Å². The number of carbonyl (C=O) groups is 1. The van der Waals surface area contributed by atoms with Crippen molar-refractivity contribution in [1.29, 1.82) is 0 Å². The number of sulfonamides is 2. The Labute approximate surface area is 237 Å². The zero-order valence-electron chi connectivity index (χ0n) is 23.5. The minimum atomic E-state index is -6.72. The fourth-order valence-corrected chi connectivity index (χ4v) is 5.49. The number of nitrogens with one attached hydrogen (secondary N) is 3. The van der Waals surface area contributed by atoms with E-state index in [0.717, 1.165) is 49.6 Å². The molecule has 2 aliphatic heterocycles. The van der Waals surface area contributed by atoms with Crippen LogP contribution < -0.4 is 15.9 Å². The normalized spacial score (nSPS) is 20.3. The minimum absolute atomic E-state index is 0.116. The van der Waals surface area contributed by atoms with Gasteiger partial charge in [-0.05, 0) is 38.0 Å². The highest BCUT2D eigenvalue weighted by molar-refractivity contribution is 8.13. The Kier molecular flexibility index (Phi) is 14.1. The number of allylic oxidation sites excluding steroid dienone is 1. The van der Waals surface area contributed by atoms with Crippen LogP contribution in [0.4, 0.5) is 31.1 Å². The molecule has 0 aromatic rings. The maximum atomic E-state index is 12.0. The van der Waals surface area contributed by atoms with E-state index in [0.29, 0.717) is 12.0 Å². The molecule has 2 rings (SSSR count). The second-order valence-electron chi connectivity index (χ2n) is 10.0. The smallest absolute Gasteiger partial charge is 0.421 e. The van der Waals surface area contributed by atoms with Crippen molar-refractivity contribution < 1.29 is 53.0 Å². The molecule has 0 aromatic carbocycles. The van der Waals surface area contributed by atoms with Crippen LogP contribution in [0.3, 0.4) is 0 Å². The maximum Gasteiger partial charge on any atom is 0.480 e. The van der Waals surface area contributed by atoms with Crippen molar-refractivity contribution >= 4 is 26.1 Å². The van der Waals surface area contributed by atoms with Crippen molar-refractivity contribution in [2.75, 3.05) is 26.2 Å². The standard InChI is InChI=1S/C20H39N5O.C2F6NO4S2/c1-5-7-13-24-15-18(25(22-24)14-8-6-2)11-9-10-12-23-16-19(17(3)4)21-20(23)26;3-1(4,5)14(10,11)9-15(12,13)2(6,7)8/h15,17,19,22H,5-14,16H2,1-4H3,(H,21,26);/q;-1/p+1/t19-;/m1./s1. The highest BCUT2D eigenvalue weighted by Gasteiger charge is 2.47. The van der Waals surface area contributed by atoms with Crippen molar-refractivity contribution in [3.8, 4) is 0 Å². The van der Waals surface area contributed by atoms with Gasteiger partial charge >= 0.3 is 17.0 Å². The third kappa shape index (κ3) is 11.8. The van der Waals surface area contributed by atoms with Gasteiger partial charge in [0.15, 0.2) is 20.0 Å². The van der Waals surface area contributed by atoms with Gasteiger partial charge in [-0.15, -0.1) is 0 Å². The Bertz CT molecular complexity index is 1040. The summed E-state index contributed by atoms with van der Waals surface area (Å²) in [4.78, 5) is 14.0. The van der Waals surface area contributed by atoms with E-state index in [2.05, 4.69) is 49.8 Å². The first-order chi connectivity index (χ1) is 18.8. The Balaban J connectivity index is 0.000000479. The van der Waals surface area contributed by atoms with Crippen molar-refractivity contribution in [3.05, 3.63) is 16.0 Å². The highest BCUT2D eigenvalue weighted by atomic mass is 32.3. The molecule has 3 N–H and O–H groups in total. The molecule has 2 amide bonds. The summed E-state index contributed by atoms with van der Waals surface area (Å²) in [7, 11) is -13.4. The van der Waals surface area contributed by atoms with Crippen molar-refractivity contribution in [2.24, 2.45) is 5.92 Å². The molecule has 0 bridgehead atoms. The molecule has 2 heterocycles. The van der Waals surface area contributed by atoms with Gasteiger partial charge < -0.3 is 14.3 Å². The number of quaternary nitrogens is 1. The van der Waals surface area contributed by atoms with E-state index in [1.807, 2.05) is 4.90 Å². The molecule has 19 heteroatoms. The quantitative estimate of drug-likeness (QED) is 0.195. The molecule has 0 spiro atoms. The number of hydrogen-bond donors (Lipinski definition) is 3. The summed E-state index contributed by atoms with van der Waals surface area (Å²) in [6, 6.07) is 0.426. The third-order valence-corrected chi connectivity index (χ3v) is 8.95. The first kappa shape index (κ1) is 37.2. The number of nitrogens with zero attached hydrogens (tertiary/aromatic N) is 3. The summed E-state index contributed by atoms with van der Waals surface area (Å²) in [6.07, 6.45) is 10.6. The van der Waals surface area contributed by atoms with Crippen molar-refractivity contribution in [1.82, 2.24) is 20.8 Å². The Hall–Kier alpha value is -1.83. The number of hydrazine groups is 1. The van der Waals surface area contributed by atoms with Gasteiger partial charge in [0, 0.05) is 19.6 Å². The van der Waals surface area contributed by atoms with Gasteiger partial charge in [0.05, 0.1) is 11.7 Å². The summed E-state index contributed by atoms with van der Waals surface area (Å²) in [5.74, 6) is 0.503. The summed E-state index contributed by atoms with van der Waals surface area (Å²) < 4.78 is 109. The van der Waals surface area contributed by atoms with Gasteiger partial charge in [-0.25, -0.2) is 26.6 Å². The first-order valence-electron chi connectivity index (χ1n) is 13.3. The first-order valence-corrected chi connectivity index (χ1v) is 16.2. The molecule has 242 valence electrons. The van der Waals surface area contributed by atoms with Crippen LogP contribution in [0.15, 0.2) is 11.9 Å². The van der Waals surface area contributed by atoms with Gasteiger partial charge in [0.25, 0.3) is 0 Å². The molecule has 2 aliphatic rings. The SMILES string of the molecule is CCCCN1N[NH+](CCCC)C=C1CCCCN1C[C@H](C(C)C)NC1=O.O=S(=O)([N-]S(=O)(=O)C(F)(F)F)C(F)(F)F. The van der Waals surface area contributed by atoms with Crippen LogP contribution >= 0.6 is 0 Å². The van der Waals surface area contributed by atoms with Crippen LogP contribution in [0.1, 0.15) is 72.6 Å². The molecule has 2 atom stereocenters. The molecule has 11 nitrogen and oxygen atoms in total. The van der Waals surface area contributed by atoms with Gasteiger partial charge in [-0.2, -0.15) is 26.3 Å². The second kappa shape index (κ2) is 15.6. The lowest BCUT2D eigenvalue weighted by Crippen LogP contribution is -3.14. The number of alkyl halides is 6. The molecular formula is C22H40F6N6O5S2. The van der Waals surface area contributed by atoms with Crippen LogP contribution in [0.5, 0.6) is 0 Å². The van der Waals surface area contributed by atoms with Gasteiger partial charge in [0.1, 0.15) is 12.7 Å². The summed E-state index contributed by atoms with van der Waals surface area (Å²) in [6.45, 7) is 12.8. The highest BCUT2D eigenvalue weighted by Crippen LogP contribution is 2.36. The van der Waals surface area contributed by atoms with Gasteiger partial charge in [-0.1, -0.05) is 46.1 Å². The predicted octanol–water partition coefficient (Wildman–Crippen LogP) is 3.33. The van der Waals surface area contributed by atoms with E-state index >= 15 is 0 Å². The molecule has 0 aliphatic carbocycles.